The number of nitrogens with zero attached hydrogens (tertiary/aromatic N) is 1. The summed E-state index contributed by atoms with van der Waals surface area (Å²) in [5.41, 5.74) is 0.704. The SMILES string of the molecule is CCC1CC(CO)CCN1c1ccccc1F. The van der Waals surface area contributed by atoms with Crippen LogP contribution >= 0.6 is 0 Å². The number of halogens is 1. The lowest BCUT2D eigenvalue weighted by atomic mass is 9.89. The lowest BCUT2D eigenvalue weighted by Crippen LogP contribution is -2.43. The van der Waals surface area contributed by atoms with E-state index in [4.69, 9.17) is 0 Å². The van der Waals surface area contributed by atoms with Crippen LogP contribution < -0.4 is 4.90 Å². The highest BCUT2D eigenvalue weighted by Crippen LogP contribution is 2.30. The second-order valence-electron chi connectivity index (χ2n) is 4.78. The molecule has 1 N–H and O–H groups in total. The first kappa shape index (κ1) is 12.4. The van der Waals surface area contributed by atoms with Crippen LogP contribution in [0.1, 0.15) is 26.2 Å². The molecule has 3 heteroatoms. The number of aliphatic hydroxyl groups is 1. The minimum absolute atomic E-state index is 0.145. The molecule has 94 valence electrons. The zero-order valence-electron chi connectivity index (χ0n) is 10.3. The Balaban J connectivity index is 2.18. The third-order valence-corrected chi connectivity index (χ3v) is 3.72. The Kier molecular flexibility index (Phi) is 4.00. The fourth-order valence-electron chi connectivity index (χ4n) is 2.69. The van der Waals surface area contributed by atoms with Crippen LogP contribution in [-0.2, 0) is 0 Å². The van der Waals surface area contributed by atoms with Crippen LogP contribution in [0.25, 0.3) is 0 Å². The van der Waals surface area contributed by atoms with Gasteiger partial charge < -0.3 is 10.0 Å². The van der Waals surface area contributed by atoms with Gasteiger partial charge in [0.05, 0.1) is 5.69 Å². The van der Waals surface area contributed by atoms with Gasteiger partial charge in [-0.05, 0) is 37.3 Å². The number of aliphatic hydroxyl groups excluding tert-OH is 1. The van der Waals surface area contributed by atoms with Crippen LogP contribution in [0, 0.1) is 11.7 Å². The summed E-state index contributed by atoms with van der Waals surface area (Å²) in [7, 11) is 0. The van der Waals surface area contributed by atoms with Crippen LogP contribution in [0.5, 0.6) is 0 Å². The molecule has 1 aliphatic rings. The monoisotopic (exact) mass is 237 g/mol. The van der Waals surface area contributed by atoms with E-state index in [1.54, 1.807) is 6.07 Å². The quantitative estimate of drug-likeness (QED) is 0.873. The first-order chi connectivity index (χ1) is 8.26. The van der Waals surface area contributed by atoms with Crippen LogP contribution in [0.2, 0.25) is 0 Å². The molecule has 0 bridgehead atoms. The van der Waals surface area contributed by atoms with Crippen LogP contribution in [-0.4, -0.2) is 24.3 Å². The summed E-state index contributed by atoms with van der Waals surface area (Å²) in [6.45, 7) is 3.21. The Labute approximate surface area is 102 Å². The van der Waals surface area contributed by atoms with Gasteiger partial charge in [0.1, 0.15) is 5.82 Å². The van der Waals surface area contributed by atoms with Crippen molar-refractivity contribution < 1.29 is 9.50 Å². The maximum Gasteiger partial charge on any atom is 0.146 e. The van der Waals surface area contributed by atoms with E-state index >= 15 is 0 Å². The van der Waals surface area contributed by atoms with Crippen molar-refractivity contribution in [2.24, 2.45) is 5.92 Å². The highest BCUT2D eigenvalue weighted by atomic mass is 19.1. The van der Waals surface area contributed by atoms with Gasteiger partial charge >= 0.3 is 0 Å². The maximum absolute atomic E-state index is 13.8. The van der Waals surface area contributed by atoms with Gasteiger partial charge in [-0.3, -0.25) is 0 Å². The third kappa shape index (κ3) is 2.60. The van der Waals surface area contributed by atoms with Crippen LogP contribution in [0.15, 0.2) is 24.3 Å². The minimum Gasteiger partial charge on any atom is -0.396 e. The molecular formula is C14H20FNO. The first-order valence-electron chi connectivity index (χ1n) is 6.38. The molecule has 1 aromatic carbocycles. The Hall–Kier alpha value is -1.09. The molecule has 0 radical (unpaired) electrons. The van der Waals surface area contributed by atoms with Crippen molar-refractivity contribution >= 4 is 5.69 Å². The molecule has 0 aromatic heterocycles. The van der Waals surface area contributed by atoms with Crippen molar-refractivity contribution in [3.63, 3.8) is 0 Å². The predicted molar refractivity (Wildman–Crippen MR) is 67.6 cm³/mol. The van der Waals surface area contributed by atoms with Crippen molar-refractivity contribution in [2.45, 2.75) is 32.2 Å². The fourth-order valence-corrected chi connectivity index (χ4v) is 2.69. The number of anilines is 1. The predicted octanol–water partition coefficient (Wildman–Crippen LogP) is 2.81. The average Bonchev–Trinajstić information content (AvgIpc) is 2.38. The van der Waals surface area contributed by atoms with E-state index in [0.29, 0.717) is 17.6 Å². The highest BCUT2D eigenvalue weighted by Gasteiger charge is 2.28. The molecule has 2 nitrogen and oxygen atoms in total. The van der Waals surface area contributed by atoms with Gasteiger partial charge in [-0.25, -0.2) is 4.39 Å². The summed E-state index contributed by atoms with van der Waals surface area (Å²) < 4.78 is 13.8. The second kappa shape index (κ2) is 5.50. The normalized spacial score (nSPS) is 25.0. The summed E-state index contributed by atoms with van der Waals surface area (Å²) in [6.07, 6.45) is 2.90. The van der Waals surface area contributed by atoms with E-state index in [1.807, 2.05) is 12.1 Å². The van der Waals surface area contributed by atoms with Crippen molar-refractivity contribution in [2.75, 3.05) is 18.1 Å². The molecule has 0 spiro atoms. The molecular weight excluding hydrogens is 217 g/mol. The molecule has 1 fully saturated rings. The molecule has 1 aliphatic heterocycles. The topological polar surface area (TPSA) is 23.5 Å². The lowest BCUT2D eigenvalue weighted by Gasteiger charge is -2.40. The average molecular weight is 237 g/mol. The Morgan fingerprint density at radius 1 is 1.41 bits per heavy atom. The number of hydrogen-bond acceptors (Lipinski definition) is 2. The Morgan fingerprint density at radius 3 is 2.82 bits per heavy atom. The van der Waals surface area contributed by atoms with Crippen LogP contribution in [0.3, 0.4) is 0 Å². The van der Waals surface area contributed by atoms with E-state index in [1.165, 1.54) is 6.07 Å². The largest absolute Gasteiger partial charge is 0.396 e. The minimum atomic E-state index is -0.145. The number of piperidine rings is 1. The number of benzene rings is 1. The molecule has 0 amide bonds. The smallest absolute Gasteiger partial charge is 0.146 e. The molecule has 0 saturated carbocycles. The van der Waals surface area contributed by atoms with Crippen molar-refractivity contribution in [1.29, 1.82) is 0 Å². The van der Waals surface area contributed by atoms with Gasteiger partial charge in [-0.2, -0.15) is 0 Å². The van der Waals surface area contributed by atoms with Gasteiger partial charge in [-0.1, -0.05) is 19.1 Å². The van der Waals surface area contributed by atoms with Gasteiger partial charge in [0, 0.05) is 19.2 Å². The molecule has 2 unspecified atom stereocenters. The molecule has 1 heterocycles. The zero-order valence-corrected chi connectivity index (χ0v) is 10.3. The Bertz CT molecular complexity index is 369. The van der Waals surface area contributed by atoms with Crippen molar-refractivity contribution in [3.05, 3.63) is 30.1 Å². The fraction of sp³-hybridized carbons (Fsp3) is 0.571. The standard InChI is InChI=1S/C14H20FNO/c1-2-12-9-11(10-17)7-8-16(12)14-6-4-3-5-13(14)15/h3-6,11-12,17H,2,7-10H2,1H3. The van der Waals surface area contributed by atoms with Gasteiger partial charge in [0.25, 0.3) is 0 Å². The summed E-state index contributed by atoms with van der Waals surface area (Å²) in [6, 6.07) is 7.30. The third-order valence-electron chi connectivity index (χ3n) is 3.72. The van der Waals surface area contributed by atoms with E-state index in [-0.39, 0.29) is 12.4 Å². The second-order valence-corrected chi connectivity index (χ2v) is 4.78. The number of rotatable bonds is 3. The van der Waals surface area contributed by atoms with E-state index in [0.717, 1.165) is 25.8 Å². The number of hydrogen-bond donors (Lipinski definition) is 1. The molecule has 0 aliphatic carbocycles. The summed E-state index contributed by atoms with van der Waals surface area (Å²) in [5.74, 6) is 0.233. The van der Waals surface area contributed by atoms with E-state index < -0.39 is 0 Å². The van der Waals surface area contributed by atoms with Crippen molar-refractivity contribution in [1.82, 2.24) is 0 Å². The zero-order chi connectivity index (χ0) is 12.3. The molecule has 1 aromatic rings. The van der Waals surface area contributed by atoms with Gasteiger partial charge in [0.2, 0.25) is 0 Å². The summed E-state index contributed by atoms with van der Waals surface area (Å²) >= 11 is 0. The summed E-state index contributed by atoms with van der Waals surface area (Å²) in [4.78, 5) is 2.15. The lowest BCUT2D eigenvalue weighted by molar-refractivity contribution is 0.186. The molecule has 2 atom stereocenters. The maximum atomic E-state index is 13.8. The van der Waals surface area contributed by atoms with Crippen molar-refractivity contribution in [3.8, 4) is 0 Å². The van der Waals surface area contributed by atoms with Gasteiger partial charge in [0.15, 0.2) is 0 Å². The van der Waals surface area contributed by atoms with Crippen LogP contribution in [0.4, 0.5) is 10.1 Å². The Morgan fingerprint density at radius 2 is 2.18 bits per heavy atom. The highest BCUT2D eigenvalue weighted by molar-refractivity contribution is 5.49. The molecule has 1 saturated heterocycles. The summed E-state index contributed by atoms with van der Waals surface area (Å²) in [5, 5.41) is 9.22. The molecule has 17 heavy (non-hydrogen) atoms. The van der Waals surface area contributed by atoms with E-state index in [2.05, 4.69) is 11.8 Å². The van der Waals surface area contributed by atoms with Gasteiger partial charge in [-0.15, -0.1) is 0 Å². The number of para-hydroxylation sites is 1. The first-order valence-corrected chi connectivity index (χ1v) is 6.38. The van der Waals surface area contributed by atoms with E-state index in [9.17, 15) is 9.50 Å². The molecule has 2 rings (SSSR count).